The van der Waals surface area contributed by atoms with Gasteiger partial charge in [-0.25, -0.2) is 0 Å². The quantitative estimate of drug-likeness (QED) is 0.748. The molecular formula is C17H13F3N2O3S. The van der Waals surface area contributed by atoms with Crippen molar-refractivity contribution in [3.05, 3.63) is 52.2 Å². The number of alkyl halides is 3. The Balaban J connectivity index is 2.02. The number of aliphatic hydroxyl groups excluding tert-OH is 1. The smallest absolute Gasteiger partial charge is 0.387 e. The Morgan fingerprint density at radius 1 is 1.23 bits per heavy atom. The summed E-state index contributed by atoms with van der Waals surface area (Å²) >= 11 is 1.23. The Morgan fingerprint density at radius 3 is 2.38 bits per heavy atom. The van der Waals surface area contributed by atoms with E-state index in [0.29, 0.717) is 4.88 Å². The lowest BCUT2D eigenvalue weighted by atomic mass is 9.99. The predicted molar refractivity (Wildman–Crippen MR) is 88.1 cm³/mol. The molecule has 0 aliphatic rings. The zero-order valence-electron chi connectivity index (χ0n) is 13.2. The topological polar surface area (TPSA) is 90.2 Å². The number of aliphatic hydroxyl groups is 1. The van der Waals surface area contributed by atoms with Crippen LogP contribution in [0.5, 0.6) is 0 Å². The van der Waals surface area contributed by atoms with E-state index in [1.165, 1.54) is 11.3 Å². The van der Waals surface area contributed by atoms with E-state index >= 15 is 0 Å². The van der Waals surface area contributed by atoms with Crippen LogP contribution in [-0.2, 0) is 15.8 Å². The third-order valence-electron chi connectivity index (χ3n) is 3.46. The number of benzene rings is 1. The first-order chi connectivity index (χ1) is 12.2. The summed E-state index contributed by atoms with van der Waals surface area (Å²) in [6, 6.07) is 8.47. The summed E-state index contributed by atoms with van der Waals surface area (Å²) in [6.07, 6.45) is -6.05. The van der Waals surface area contributed by atoms with Gasteiger partial charge >= 0.3 is 6.18 Å². The average Bonchev–Trinajstić information content (AvgIpc) is 3.09. The summed E-state index contributed by atoms with van der Waals surface area (Å²) in [4.78, 5) is 24.7. The molecule has 1 amide bonds. The first-order valence-corrected chi connectivity index (χ1v) is 8.22. The fourth-order valence-corrected chi connectivity index (χ4v) is 2.84. The molecule has 0 saturated carbocycles. The van der Waals surface area contributed by atoms with Crippen molar-refractivity contribution in [1.82, 2.24) is 0 Å². The molecule has 1 aromatic carbocycles. The van der Waals surface area contributed by atoms with E-state index in [1.807, 2.05) is 0 Å². The maximum atomic E-state index is 12.5. The number of ketones is 1. The molecule has 26 heavy (non-hydrogen) atoms. The van der Waals surface area contributed by atoms with Crippen molar-refractivity contribution in [3.63, 3.8) is 0 Å². The van der Waals surface area contributed by atoms with Crippen LogP contribution in [-0.4, -0.2) is 16.8 Å². The molecule has 2 aromatic rings. The molecule has 0 spiro atoms. The summed E-state index contributed by atoms with van der Waals surface area (Å²) in [5.41, 5.74) is -0.864. The first kappa shape index (κ1) is 19.6. The van der Waals surface area contributed by atoms with Gasteiger partial charge in [-0.1, -0.05) is 6.07 Å². The maximum absolute atomic E-state index is 12.5. The van der Waals surface area contributed by atoms with Crippen LogP contribution in [0, 0.1) is 17.2 Å². The largest absolute Gasteiger partial charge is 0.416 e. The summed E-state index contributed by atoms with van der Waals surface area (Å²) in [5.74, 6) is -3.42. The molecule has 1 aromatic heterocycles. The molecule has 2 atom stereocenters. The minimum absolute atomic E-state index is 0.0230. The van der Waals surface area contributed by atoms with E-state index in [0.717, 1.165) is 24.3 Å². The molecule has 0 saturated heterocycles. The number of Topliss-reactive ketones (excluding diaryl/α,β-unsaturated/α-hetero) is 1. The van der Waals surface area contributed by atoms with Crippen molar-refractivity contribution in [2.45, 2.75) is 18.7 Å². The summed E-state index contributed by atoms with van der Waals surface area (Å²) in [5, 5.41) is 23.0. The average molecular weight is 382 g/mol. The van der Waals surface area contributed by atoms with Gasteiger partial charge in [0, 0.05) is 17.0 Å². The number of rotatable bonds is 6. The highest BCUT2D eigenvalue weighted by Crippen LogP contribution is 2.30. The highest BCUT2D eigenvalue weighted by atomic mass is 32.1. The van der Waals surface area contributed by atoms with Crippen LogP contribution in [0.1, 0.15) is 23.0 Å². The zero-order valence-corrected chi connectivity index (χ0v) is 14.0. The molecule has 0 aliphatic heterocycles. The summed E-state index contributed by atoms with van der Waals surface area (Å²) in [7, 11) is 0. The molecule has 2 N–H and O–H groups in total. The van der Waals surface area contributed by atoms with E-state index in [9.17, 15) is 27.9 Å². The number of nitriles is 1. The number of halogens is 3. The molecule has 0 fully saturated rings. The predicted octanol–water partition coefficient (Wildman–Crippen LogP) is 3.54. The second-order valence-corrected chi connectivity index (χ2v) is 6.31. The van der Waals surface area contributed by atoms with Crippen molar-refractivity contribution in [3.8, 4) is 6.07 Å². The molecule has 1 heterocycles. The normalized spacial score (nSPS) is 13.5. The lowest BCUT2D eigenvalue weighted by Crippen LogP contribution is -2.29. The second kappa shape index (κ2) is 8.12. The van der Waals surface area contributed by atoms with Gasteiger partial charge in [0.05, 0.1) is 17.7 Å². The number of thiophene rings is 1. The minimum Gasteiger partial charge on any atom is -0.387 e. The molecule has 5 nitrogen and oxygen atoms in total. The molecule has 0 bridgehead atoms. The van der Waals surface area contributed by atoms with E-state index in [-0.39, 0.29) is 5.69 Å². The van der Waals surface area contributed by atoms with Gasteiger partial charge in [-0.2, -0.15) is 18.4 Å². The number of hydrogen-bond acceptors (Lipinski definition) is 5. The summed E-state index contributed by atoms with van der Waals surface area (Å²) in [6.45, 7) is 0. The van der Waals surface area contributed by atoms with Crippen molar-refractivity contribution < 1.29 is 27.9 Å². The number of anilines is 1. The number of amides is 1. The number of nitrogens with zero attached hydrogens (tertiary/aromatic N) is 1. The van der Waals surface area contributed by atoms with Crippen molar-refractivity contribution in [2.75, 3.05) is 5.32 Å². The van der Waals surface area contributed by atoms with Gasteiger partial charge in [0.15, 0.2) is 11.7 Å². The van der Waals surface area contributed by atoms with Gasteiger partial charge in [0.25, 0.3) is 0 Å². The maximum Gasteiger partial charge on any atom is 0.416 e. The molecule has 0 radical (unpaired) electrons. The lowest BCUT2D eigenvalue weighted by Gasteiger charge is -2.13. The number of carbonyl (C=O) groups excluding carboxylic acids is 2. The van der Waals surface area contributed by atoms with Crippen LogP contribution in [0.4, 0.5) is 18.9 Å². The van der Waals surface area contributed by atoms with Gasteiger partial charge < -0.3 is 10.4 Å². The minimum atomic E-state index is -4.51. The van der Waals surface area contributed by atoms with E-state index in [2.05, 4.69) is 5.32 Å². The molecule has 9 heteroatoms. The Labute approximate surface area is 150 Å². The number of hydrogen-bond donors (Lipinski definition) is 2. The highest BCUT2D eigenvalue weighted by Gasteiger charge is 2.31. The molecule has 2 unspecified atom stereocenters. The highest BCUT2D eigenvalue weighted by molar-refractivity contribution is 7.10. The van der Waals surface area contributed by atoms with Gasteiger partial charge in [0.1, 0.15) is 0 Å². The standard InChI is InChI=1S/C17H13F3N2O3S/c18-17(19,20)10-3-5-11(6-4-10)22-16(25)12(9-21)13(23)8-14(24)15-2-1-7-26-15/h1-7,12,14,24H,8H2,(H,22,25). The molecule has 0 aliphatic carbocycles. The van der Waals surface area contributed by atoms with E-state index in [4.69, 9.17) is 5.26 Å². The zero-order chi connectivity index (χ0) is 19.3. The fourth-order valence-electron chi connectivity index (χ4n) is 2.12. The lowest BCUT2D eigenvalue weighted by molar-refractivity contribution is -0.137. The van der Waals surface area contributed by atoms with Crippen LogP contribution in [0.15, 0.2) is 41.8 Å². The molecular weight excluding hydrogens is 369 g/mol. The Morgan fingerprint density at radius 2 is 1.88 bits per heavy atom. The SMILES string of the molecule is N#CC(C(=O)CC(O)c1cccs1)C(=O)Nc1ccc(C(F)(F)F)cc1. The first-order valence-electron chi connectivity index (χ1n) is 7.34. The van der Waals surface area contributed by atoms with Crippen molar-refractivity contribution >= 4 is 28.7 Å². The van der Waals surface area contributed by atoms with Crippen LogP contribution >= 0.6 is 11.3 Å². The molecule has 2 rings (SSSR count). The van der Waals surface area contributed by atoms with Crippen molar-refractivity contribution in [1.29, 1.82) is 5.26 Å². The number of carbonyl (C=O) groups is 2. The Bertz CT molecular complexity index is 811. The van der Waals surface area contributed by atoms with Crippen molar-refractivity contribution in [2.24, 2.45) is 5.92 Å². The van der Waals surface area contributed by atoms with Gasteiger partial charge in [-0.15, -0.1) is 11.3 Å². The Kier molecular flexibility index (Phi) is 6.13. The summed E-state index contributed by atoms with van der Waals surface area (Å²) < 4.78 is 37.5. The van der Waals surface area contributed by atoms with Crippen LogP contribution in [0.25, 0.3) is 0 Å². The van der Waals surface area contributed by atoms with E-state index in [1.54, 1.807) is 23.6 Å². The Hall–Kier alpha value is -2.70. The fraction of sp³-hybridized carbons (Fsp3) is 0.235. The van der Waals surface area contributed by atoms with Gasteiger partial charge in [-0.05, 0) is 35.7 Å². The number of nitrogens with one attached hydrogen (secondary N) is 1. The second-order valence-electron chi connectivity index (χ2n) is 5.33. The monoisotopic (exact) mass is 382 g/mol. The van der Waals surface area contributed by atoms with Crippen LogP contribution < -0.4 is 5.32 Å². The van der Waals surface area contributed by atoms with E-state index < -0.39 is 41.9 Å². The molecule has 136 valence electrons. The van der Waals surface area contributed by atoms with Gasteiger partial charge in [-0.3, -0.25) is 9.59 Å². The third-order valence-corrected chi connectivity index (χ3v) is 4.43. The third kappa shape index (κ3) is 4.91. The van der Waals surface area contributed by atoms with Crippen LogP contribution in [0.3, 0.4) is 0 Å². The van der Waals surface area contributed by atoms with Crippen LogP contribution in [0.2, 0.25) is 0 Å². The van der Waals surface area contributed by atoms with Gasteiger partial charge in [0.2, 0.25) is 5.91 Å².